The Morgan fingerprint density at radius 1 is 0.920 bits per heavy atom. The van der Waals surface area contributed by atoms with Gasteiger partial charge < -0.3 is 4.90 Å². The van der Waals surface area contributed by atoms with Gasteiger partial charge in [-0.2, -0.15) is 0 Å². The lowest BCUT2D eigenvalue weighted by molar-refractivity contribution is -0.112. The lowest BCUT2D eigenvalue weighted by Gasteiger charge is -2.17. The van der Waals surface area contributed by atoms with Crippen LogP contribution in [0.4, 0.5) is 5.69 Å². The smallest absolute Gasteiger partial charge is 0.185 e. The minimum Gasteiger partial charge on any atom is -0.378 e. The number of hydrogen-bond acceptors (Lipinski definition) is 2. The van der Waals surface area contributed by atoms with Crippen LogP contribution in [0.3, 0.4) is 0 Å². The molecule has 0 N–H and O–H groups in total. The molecule has 25 heavy (non-hydrogen) atoms. The summed E-state index contributed by atoms with van der Waals surface area (Å²) in [4.78, 5) is 14.9. The number of allylic oxidation sites excluding steroid dienone is 2. The summed E-state index contributed by atoms with van der Waals surface area (Å²) in [6.45, 7) is 0. The molecule has 1 saturated carbocycles. The molecular formula is C22H22BrNO. The number of ketones is 1. The SMILES string of the molecule is CN(C)c1ccc(C=C2CCCC(=Cc3cccc(Br)c3)C2=O)cc1. The summed E-state index contributed by atoms with van der Waals surface area (Å²) in [5.74, 6) is 0.183. The van der Waals surface area contributed by atoms with Crippen molar-refractivity contribution in [2.45, 2.75) is 19.3 Å². The highest BCUT2D eigenvalue weighted by molar-refractivity contribution is 9.10. The van der Waals surface area contributed by atoms with E-state index in [1.807, 2.05) is 50.5 Å². The van der Waals surface area contributed by atoms with Gasteiger partial charge in [-0.25, -0.2) is 0 Å². The predicted octanol–water partition coefficient (Wildman–Crippen LogP) is 5.74. The Labute approximate surface area is 158 Å². The fraction of sp³-hybridized carbons (Fsp3) is 0.227. The molecule has 0 heterocycles. The molecule has 3 heteroatoms. The molecule has 0 saturated heterocycles. The average Bonchev–Trinajstić information content (AvgIpc) is 2.59. The zero-order valence-corrected chi connectivity index (χ0v) is 16.2. The molecule has 0 aliphatic heterocycles. The van der Waals surface area contributed by atoms with E-state index in [1.54, 1.807) is 0 Å². The molecule has 1 fully saturated rings. The fourth-order valence-electron chi connectivity index (χ4n) is 3.05. The minimum absolute atomic E-state index is 0.183. The molecule has 2 aromatic carbocycles. The molecule has 0 aromatic heterocycles. The van der Waals surface area contributed by atoms with Crippen molar-refractivity contribution in [2.24, 2.45) is 0 Å². The number of hydrogen-bond donors (Lipinski definition) is 0. The Bertz CT molecular complexity index is 831. The van der Waals surface area contributed by atoms with Gasteiger partial charge in [-0.3, -0.25) is 4.79 Å². The first kappa shape index (κ1) is 17.7. The van der Waals surface area contributed by atoms with Crippen LogP contribution in [-0.4, -0.2) is 19.9 Å². The summed E-state index contributed by atoms with van der Waals surface area (Å²) in [7, 11) is 4.05. The lowest BCUT2D eigenvalue weighted by Crippen LogP contribution is -2.12. The van der Waals surface area contributed by atoms with Gasteiger partial charge in [-0.05, 0) is 66.8 Å². The Morgan fingerprint density at radius 3 is 2.16 bits per heavy atom. The predicted molar refractivity (Wildman–Crippen MR) is 110 cm³/mol. The van der Waals surface area contributed by atoms with Crippen molar-refractivity contribution >= 4 is 39.6 Å². The number of nitrogens with zero attached hydrogens (tertiary/aromatic N) is 1. The Kier molecular flexibility index (Phi) is 5.54. The monoisotopic (exact) mass is 395 g/mol. The van der Waals surface area contributed by atoms with Gasteiger partial charge in [0.1, 0.15) is 0 Å². The summed E-state index contributed by atoms with van der Waals surface area (Å²) in [5.41, 5.74) is 5.12. The minimum atomic E-state index is 0.183. The van der Waals surface area contributed by atoms with E-state index in [0.717, 1.165) is 51.7 Å². The van der Waals surface area contributed by atoms with Gasteiger partial charge in [-0.1, -0.05) is 40.2 Å². The van der Waals surface area contributed by atoms with Gasteiger partial charge in [-0.15, -0.1) is 0 Å². The van der Waals surface area contributed by atoms with Crippen molar-refractivity contribution < 1.29 is 4.79 Å². The second-order valence-electron chi connectivity index (χ2n) is 6.56. The first-order valence-corrected chi connectivity index (χ1v) is 9.31. The number of anilines is 1. The van der Waals surface area contributed by atoms with E-state index in [4.69, 9.17) is 0 Å². The highest BCUT2D eigenvalue weighted by Gasteiger charge is 2.20. The van der Waals surface area contributed by atoms with Gasteiger partial charge >= 0.3 is 0 Å². The molecule has 0 bridgehead atoms. The third-order valence-corrected chi connectivity index (χ3v) is 4.91. The van der Waals surface area contributed by atoms with Crippen molar-refractivity contribution in [3.8, 4) is 0 Å². The van der Waals surface area contributed by atoms with Crippen LogP contribution < -0.4 is 4.90 Å². The van der Waals surface area contributed by atoms with E-state index >= 15 is 0 Å². The summed E-state index contributed by atoms with van der Waals surface area (Å²) in [6.07, 6.45) is 6.78. The van der Waals surface area contributed by atoms with Crippen LogP contribution in [0.5, 0.6) is 0 Å². The van der Waals surface area contributed by atoms with Gasteiger partial charge in [0.2, 0.25) is 0 Å². The molecule has 1 aliphatic rings. The summed E-state index contributed by atoms with van der Waals surface area (Å²) < 4.78 is 1.03. The molecule has 3 rings (SSSR count). The number of Topliss-reactive ketones (excluding diaryl/α,β-unsaturated/α-hetero) is 1. The molecule has 0 amide bonds. The maximum atomic E-state index is 12.8. The lowest BCUT2D eigenvalue weighted by atomic mass is 9.87. The Hall–Kier alpha value is -2.13. The van der Waals surface area contributed by atoms with Crippen LogP contribution in [0, 0.1) is 0 Å². The largest absolute Gasteiger partial charge is 0.378 e. The number of carbonyl (C=O) groups excluding carboxylic acids is 1. The topological polar surface area (TPSA) is 20.3 Å². The summed E-state index contributed by atoms with van der Waals surface area (Å²) in [6, 6.07) is 16.4. The van der Waals surface area contributed by atoms with Crippen molar-refractivity contribution in [3.63, 3.8) is 0 Å². The van der Waals surface area contributed by atoms with E-state index in [1.165, 1.54) is 0 Å². The molecule has 0 atom stereocenters. The van der Waals surface area contributed by atoms with Crippen molar-refractivity contribution in [1.82, 2.24) is 0 Å². The van der Waals surface area contributed by atoms with Gasteiger partial charge in [0, 0.05) is 35.4 Å². The van der Waals surface area contributed by atoms with Crippen LogP contribution in [-0.2, 0) is 4.79 Å². The quantitative estimate of drug-likeness (QED) is 0.617. The zero-order valence-electron chi connectivity index (χ0n) is 14.6. The van der Waals surface area contributed by atoms with Crippen molar-refractivity contribution in [2.75, 3.05) is 19.0 Å². The summed E-state index contributed by atoms with van der Waals surface area (Å²) >= 11 is 3.49. The maximum absolute atomic E-state index is 12.8. The van der Waals surface area contributed by atoms with E-state index in [-0.39, 0.29) is 5.78 Å². The number of halogens is 1. The van der Waals surface area contributed by atoms with Crippen LogP contribution in [0.2, 0.25) is 0 Å². The highest BCUT2D eigenvalue weighted by Crippen LogP contribution is 2.28. The molecule has 0 spiro atoms. The Balaban J connectivity index is 1.84. The molecule has 0 unspecified atom stereocenters. The van der Waals surface area contributed by atoms with Crippen LogP contribution in [0.15, 0.2) is 64.1 Å². The van der Waals surface area contributed by atoms with Crippen molar-refractivity contribution in [1.29, 1.82) is 0 Å². The van der Waals surface area contributed by atoms with E-state index in [2.05, 4.69) is 45.1 Å². The van der Waals surface area contributed by atoms with Gasteiger partial charge in [0.25, 0.3) is 0 Å². The second-order valence-corrected chi connectivity index (χ2v) is 7.48. The highest BCUT2D eigenvalue weighted by atomic mass is 79.9. The first-order chi connectivity index (χ1) is 12.0. The van der Waals surface area contributed by atoms with Crippen molar-refractivity contribution in [3.05, 3.63) is 75.3 Å². The first-order valence-electron chi connectivity index (χ1n) is 8.52. The van der Waals surface area contributed by atoms with Gasteiger partial charge in [0.05, 0.1) is 0 Å². The van der Waals surface area contributed by atoms with Crippen LogP contribution in [0.25, 0.3) is 12.2 Å². The number of carbonyl (C=O) groups is 1. The molecule has 2 aromatic rings. The molecule has 0 radical (unpaired) electrons. The average molecular weight is 396 g/mol. The van der Waals surface area contributed by atoms with Crippen LogP contribution >= 0.6 is 15.9 Å². The number of benzene rings is 2. The van der Waals surface area contributed by atoms with Crippen LogP contribution in [0.1, 0.15) is 30.4 Å². The van der Waals surface area contributed by atoms with E-state index < -0.39 is 0 Å². The third kappa shape index (κ3) is 4.49. The standard InChI is InChI=1S/C22H22BrNO/c1-24(2)21-11-9-16(10-12-21)13-18-6-4-7-19(22(18)25)14-17-5-3-8-20(23)15-17/h3,5,8-15H,4,6-7H2,1-2H3. The fourth-order valence-corrected chi connectivity index (χ4v) is 3.46. The molecule has 128 valence electrons. The summed E-state index contributed by atoms with van der Waals surface area (Å²) in [5, 5.41) is 0. The van der Waals surface area contributed by atoms with Gasteiger partial charge in [0.15, 0.2) is 5.78 Å². The normalized spacial score (nSPS) is 18.0. The molecule has 1 aliphatic carbocycles. The van der Waals surface area contributed by atoms with E-state index in [0.29, 0.717) is 0 Å². The second kappa shape index (κ2) is 7.83. The van der Waals surface area contributed by atoms with E-state index in [9.17, 15) is 4.79 Å². The number of rotatable bonds is 3. The molecule has 2 nitrogen and oxygen atoms in total. The zero-order chi connectivity index (χ0) is 17.8. The Morgan fingerprint density at radius 2 is 1.56 bits per heavy atom. The third-order valence-electron chi connectivity index (χ3n) is 4.42. The molecular weight excluding hydrogens is 374 g/mol. The maximum Gasteiger partial charge on any atom is 0.185 e.